The van der Waals surface area contributed by atoms with Crippen molar-refractivity contribution in [2.45, 2.75) is 27.7 Å². The Morgan fingerprint density at radius 1 is 1.08 bits per heavy atom. The molecule has 0 saturated carbocycles. The van der Waals surface area contributed by atoms with E-state index in [1.54, 1.807) is 63.6 Å². The third kappa shape index (κ3) is 6.54. The van der Waals surface area contributed by atoms with Crippen molar-refractivity contribution >= 4 is 34.1 Å². The molecule has 0 atom stereocenters. The van der Waals surface area contributed by atoms with Gasteiger partial charge in [0.15, 0.2) is 0 Å². The van der Waals surface area contributed by atoms with Crippen molar-refractivity contribution < 1.29 is 14.4 Å². The minimum atomic E-state index is -0.269. The van der Waals surface area contributed by atoms with Crippen LogP contribution in [-0.4, -0.2) is 46.0 Å². The fourth-order valence-corrected chi connectivity index (χ4v) is 4.17. The van der Waals surface area contributed by atoms with Gasteiger partial charge in [-0.3, -0.25) is 14.6 Å². The van der Waals surface area contributed by atoms with Gasteiger partial charge in [-0.15, -0.1) is 0 Å². The Bertz CT molecular complexity index is 1570. The van der Waals surface area contributed by atoms with Crippen molar-refractivity contribution in [2.75, 3.05) is 18.9 Å². The van der Waals surface area contributed by atoms with Gasteiger partial charge in [0, 0.05) is 41.6 Å². The molecule has 0 unspecified atom stereocenters. The monoisotopic (exact) mass is 521 g/mol. The fourth-order valence-electron chi connectivity index (χ4n) is 4.17. The second-order valence-corrected chi connectivity index (χ2v) is 9.64. The number of hydrogen-bond acceptors (Lipinski definition) is 6. The average Bonchev–Trinajstić information content (AvgIpc) is 2.92. The summed E-state index contributed by atoms with van der Waals surface area (Å²) in [7, 11) is 1.66. The Hall–Kier alpha value is -4.85. The van der Waals surface area contributed by atoms with E-state index in [0.717, 1.165) is 33.3 Å². The summed E-state index contributed by atoms with van der Waals surface area (Å²) in [5.74, 6) is -0.118. The topological polar surface area (TPSA) is 96.8 Å². The maximum Gasteiger partial charge on any atom is 0.256 e. The quantitative estimate of drug-likeness (QED) is 0.170. The number of benzene rings is 2. The number of oxime groups is 1. The molecule has 39 heavy (non-hydrogen) atoms. The first-order chi connectivity index (χ1) is 18.6. The van der Waals surface area contributed by atoms with Gasteiger partial charge in [0.25, 0.3) is 11.8 Å². The minimum Gasteiger partial charge on any atom is -0.360 e. The number of likely N-dealkylation sites (N-methyl/N-ethyl adjacent to an activating group) is 1. The Labute approximate surface area is 228 Å². The third-order valence-corrected chi connectivity index (χ3v) is 5.96. The molecule has 4 rings (SSSR count). The molecular weight excluding hydrogens is 490 g/mol. The van der Waals surface area contributed by atoms with Crippen LogP contribution in [0.25, 0.3) is 22.2 Å². The summed E-state index contributed by atoms with van der Waals surface area (Å²) in [5, 5.41) is 7.60. The van der Waals surface area contributed by atoms with Crippen molar-refractivity contribution in [3.05, 3.63) is 102 Å². The molecule has 0 aliphatic heterocycles. The predicted molar refractivity (Wildman–Crippen MR) is 155 cm³/mol. The zero-order valence-electron chi connectivity index (χ0n) is 22.8. The Balaban J connectivity index is 1.56. The van der Waals surface area contributed by atoms with Gasteiger partial charge in [0.1, 0.15) is 5.76 Å². The van der Waals surface area contributed by atoms with E-state index < -0.39 is 0 Å². The van der Waals surface area contributed by atoms with Gasteiger partial charge in [-0.25, -0.2) is 4.98 Å². The van der Waals surface area contributed by atoms with Crippen LogP contribution in [0.4, 0.5) is 5.69 Å². The van der Waals surface area contributed by atoms with E-state index in [1.165, 1.54) is 4.90 Å². The van der Waals surface area contributed by atoms with Crippen LogP contribution in [-0.2, 0) is 4.84 Å². The number of aromatic nitrogens is 2. The van der Waals surface area contributed by atoms with Gasteiger partial charge in [-0.05, 0) is 81.8 Å². The molecule has 2 heterocycles. The second-order valence-electron chi connectivity index (χ2n) is 9.64. The maximum atomic E-state index is 13.5. The molecule has 8 heteroatoms. The predicted octanol–water partition coefficient (Wildman–Crippen LogP) is 6.16. The van der Waals surface area contributed by atoms with Crippen LogP contribution in [0.15, 0.2) is 84.5 Å². The summed E-state index contributed by atoms with van der Waals surface area (Å²) < 4.78 is 0. The van der Waals surface area contributed by atoms with Crippen LogP contribution in [0.3, 0.4) is 0 Å². The van der Waals surface area contributed by atoms with Gasteiger partial charge in [-0.1, -0.05) is 23.4 Å². The molecular formula is C31H31N5O3. The Morgan fingerprint density at radius 2 is 1.82 bits per heavy atom. The van der Waals surface area contributed by atoms with Crippen LogP contribution in [0.2, 0.25) is 0 Å². The number of anilines is 1. The normalized spacial score (nSPS) is 10.6. The van der Waals surface area contributed by atoms with Gasteiger partial charge in [0.2, 0.25) is 0 Å². The number of nitrogens with one attached hydrogen (secondary N) is 1. The molecule has 8 nitrogen and oxygen atoms in total. The second kappa shape index (κ2) is 11.7. The van der Waals surface area contributed by atoms with E-state index in [9.17, 15) is 9.59 Å². The lowest BCUT2D eigenvalue weighted by Gasteiger charge is -2.17. The number of pyridine rings is 2. The van der Waals surface area contributed by atoms with Gasteiger partial charge >= 0.3 is 0 Å². The smallest absolute Gasteiger partial charge is 0.256 e. The minimum absolute atomic E-state index is 0.196. The molecule has 0 bridgehead atoms. The summed E-state index contributed by atoms with van der Waals surface area (Å²) in [5.41, 5.74) is 6.59. The standard InChI is InChI=1S/C31H31N5O3/c1-19(2)35-39-22(5)18-36(6)31(38)23-9-11-25(12-10-23)33-30(37)27-16-28(24-8-7-13-32-17-24)34-29-21(4)14-20(3)15-26(27)29/h7-17H,5,18H2,1-4,6H3,(H,33,37). The van der Waals surface area contributed by atoms with Gasteiger partial charge in [0.05, 0.1) is 29.0 Å². The van der Waals surface area contributed by atoms with Crippen LogP contribution in [0.5, 0.6) is 0 Å². The molecule has 0 aliphatic rings. The summed E-state index contributed by atoms with van der Waals surface area (Å²) in [4.78, 5) is 42.1. The molecule has 0 spiro atoms. The average molecular weight is 522 g/mol. The zero-order chi connectivity index (χ0) is 28.1. The summed E-state index contributed by atoms with van der Waals surface area (Å²) >= 11 is 0. The molecule has 2 aromatic carbocycles. The number of rotatable bonds is 8. The van der Waals surface area contributed by atoms with Gasteiger partial charge in [-0.2, -0.15) is 0 Å². The summed E-state index contributed by atoms with van der Waals surface area (Å²) in [6.45, 7) is 11.6. The lowest BCUT2D eigenvalue weighted by molar-refractivity contribution is 0.0777. The van der Waals surface area contributed by atoms with Crippen molar-refractivity contribution in [2.24, 2.45) is 5.16 Å². The lowest BCUT2D eigenvalue weighted by atomic mass is 9.99. The number of nitrogens with zero attached hydrogens (tertiary/aromatic N) is 4. The number of carbonyl (C=O) groups excluding carboxylic acids is 2. The Morgan fingerprint density at radius 3 is 2.49 bits per heavy atom. The number of hydrogen-bond donors (Lipinski definition) is 1. The number of amides is 2. The van der Waals surface area contributed by atoms with Crippen molar-refractivity contribution in [1.29, 1.82) is 0 Å². The van der Waals surface area contributed by atoms with E-state index >= 15 is 0 Å². The first-order valence-electron chi connectivity index (χ1n) is 12.5. The number of fused-ring (bicyclic) bond motifs is 1. The van der Waals surface area contributed by atoms with E-state index in [2.05, 4.69) is 28.1 Å². The lowest BCUT2D eigenvalue weighted by Crippen LogP contribution is -2.28. The molecule has 0 saturated heterocycles. The van der Waals surface area contributed by atoms with Crippen LogP contribution in [0.1, 0.15) is 45.7 Å². The molecule has 0 aliphatic carbocycles. The molecule has 2 amide bonds. The molecule has 1 N–H and O–H groups in total. The van der Waals surface area contributed by atoms with Crippen molar-refractivity contribution in [3.63, 3.8) is 0 Å². The molecule has 0 radical (unpaired) electrons. The highest BCUT2D eigenvalue weighted by Crippen LogP contribution is 2.28. The summed E-state index contributed by atoms with van der Waals surface area (Å²) in [6, 6.07) is 16.3. The number of carbonyl (C=O) groups is 2. The van der Waals surface area contributed by atoms with Crippen molar-refractivity contribution in [3.8, 4) is 11.3 Å². The zero-order valence-corrected chi connectivity index (χ0v) is 22.8. The van der Waals surface area contributed by atoms with E-state index in [1.807, 2.05) is 32.0 Å². The molecule has 4 aromatic rings. The molecule has 2 aromatic heterocycles. The fraction of sp³-hybridized carbons (Fsp3) is 0.194. The molecule has 198 valence electrons. The van der Waals surface area contributed by atoms with Crippen molar-refractivity contribution in [1.82, 2.24) is 14.9 Å². The SMILES string of the molecule is C=C(CN(C)C(=O)c1ccc(NC(=O)c2cc(-c3cccnc3)nc3c(C)cc(C)cc23)cc1)ON=C(C)C. The van der Waals surface area contributed by atoms with Crippen LogP contribution < -0.4 is 5.32 Å². The molecule has 0 fully saturated rings. The summed E-state index contributed by atoms with van der Waals surface area (Å²) in [6.07, 6.45) is 3.43. The third-order valence-electron chi connectivity index (χ3n) is 5.96. The maximum absolute atomic E-state index is 13.5. The van der Waals surface area contributed by atoms with Crippen LogP contribution in [0, 0.1) is 13.8 Å². The first-order valence-corrected chi connectivity index (χ1v) is 12.5. The van der Waals surface area contributed by atoms with Gasteiger partial charge < -0.3 is 15.1 Å². The highest BCUT2D eigenvalue weighted by atomic mass is 16.6. The van der Waals surface area contributed by atoms with E-state index in [0.29, 0.717) is 28.3 Å². The highest BCUT2D eigenvalue weighted by molar-refractivity contribution is 6.13. The van der Waals surface area contributed by atoms with Crippen LogP contribution >= 0.6 is 0 Å². The van der Waals surface area contributed by atoms with E-state index in [-0.39, 0.29) is 18.4 Å². The number of aryl methyl sites for hydroxylation is 2. The van der Waals surface area contributed by atoms with E-state index in [4.69, 9.17) is 9.82 Å². The largest absolute Gasteiger partial charge is 0.360 e. The Kier molecular flexibility index (Phi) is 8.15. The highest BCUT2D eigenvalue weighted by Gasteiger charge is 2.17. The first kappa shape index (κ1) is 27.2.